The van der Waals surface area contributed by atoms with Crippen molar-refractivity contribution in [1.82, 2.24) is 14.8 Å². The maximum absolute atomic E-state index is 11.3. The van der Waals surface area contributed by atoms with Crippen LogP contribution < -0.4 is 11.5 Å². The van der Waals surface area contributed by atoms with E-state index >= 15 is 0 Å². The van der Waals surface area contributed by atoms with Crippen LogP contribution in [0.15, 0.2) is 48.5 Å². The minimum absolute atomic E-state index is 0.0241. The van der Waals surface area contributed by atoms with Gasteiger partial charge in [-0.2, -0.15) is 0 Å². The van der Waals surface area contributed by atoms with Crippen molar-refractivity contribution in [3.63, 3.8) is 0 Å². The Morgan fingerprint density at radius 3 is 2.30 bits per heavy atom. The van der Waals surface area contributed by atoms with E-state index in [1.807, 2.05) is 22.9 Å². The van der Waals surface area contributed by atoms with Crippen molar-refractivity contribution < 1.29 is 19.8 Å². The minimum atomic E-state index is -0.833. The van der Waals surface area contributed by atoms with Crippen molar-refractivity contribution in [2.45, 2.75) is 51.2 Å². The van der Waals surface area contributed by atoms with E-state index in [0.717, 1.165) is 36.0 Å². The normalized spacial score (nSPS) is 19.6. The van der Waals surface area contributed by atoms with E-state index in [0.29, 0.717) is 24.2 Å². The second-order valence-corrected chi connectivity index (χ2v) is 8.05. The number of primary amides is 1. The van der Waals surface area contributed by atoms with Gasteiger partial charge in [-0.1, -0.05) is 37.3 Å². The molecule has 2 aromatic carbocycles. The van der Waals surface area contributed by atoms with Crippen molar-refractivity contribution in [2.75, 3.05) is 0 Å². The molecule has 4 rings (SSSR count). The number of amides is 1. The van der Waals surface area contributed by atoms with Crippen molar-refractivity contribution in [2.24, 2.45) is 11.5 Å². The van der Waals surface area contributed by atoms with Crippen LogP contribution in [-0.2, 0) is 11.2 Å². The number of hydrogen-bond acceptors (Lipinski definition) is 6. The number of carbonyl (C=O) groups is 2. The molecule has 1 saturated carbocycles. The maximum atomic E-state index is 11.3. The fraction of sp³-hybridized carbons (Fsp3) is 0.333. The lowest BCUT2D eigenvalue weighted by atomic mass is 10.1. The molecule has 0 aliphatic heterocycles. The zero-order valence-corrected chi connectivity index (χ0v) is 18.7. The molecule has 0 bridgehead atoms. The van der Waals surface area contributed by atoms with Gasteiger partial charge < -0.3 is 21.7 Å². The molecule has 33 heavy (non-hydrogen) atoms. The lowest BCUT2D eigenvalue weighted by molar-refractivity contribution is -0.134. The number of hydrogen-bond donors (Lipinski definition) is 4. The highest BCUT2D eigenvalue weighted by Gasteiger charge is 2.35. The summed E-state index contributed by atoms with van der Waals surface area (Å²) in [5, 5.41) is 22.4. The second kappa shape index (κ2) is 10.4. The largest absolute Gasteiger partial charge is 0.481 e. The van der Waals surface area contributed by atoms with Gasteiger partial charge in [0, 0.05) is 30.0 Å². The molecule has 9 heteroatoms. The Morgan fingerprint density at radius 2 is 1.76 bits per heavy atom. The predicted octanol–water partition coefficient (Wildman–Crippen LogP) is 2.25. The van der Waals surface area contributed by atoms with Crippen molar-refractivity contribution >= 4 is 11.9 Å². The number of benzene rings is 2. The maximum Gasteiger partial charge on any atom is 0.300 e. The number of nitrogens with zero attached hydrogens (tertiary/aromatic N) is 3. The molecule has 174 valence electrons. The number of nitrogens with two attached hydrogens (primary N) is 2. The van der Waals surface area contributed by atoms with Crippen molar-refractivity contribution in [3.8, 4) is 17.1 Å². The fourth-order valence-corrected chi connectivity index (χ4v) is 3.95. The van der Waals surface area contributed by atoms with Crippen LogP contribution in [0.5, 0.6) is 0 Å². The number of aromatic nitrogens is 3. The van der Waals surface area contributed by atoms with Gasteiger partial charge in [0.05, 0.1) is 11.8 Å². The third-order valence-electron chi connectivity index (χ3n) is 5.60. The SMILES string of the molecule is CC(=O)O.CCc1ccccc1-n1nc(-c2ccc(C(N)=O)cc2)nc1[C@H]1C[C@H](N)[C@@H](O)C1. The van der Waals surface area contributed by atoms with Gasteiger partial charge in [-0.25, -0.2) is 9.67 Å². The number of aryl methyl sites for hydroxylation is 1. The van der Waals surface area contributed by atoms with Gasteiger partial charge in [0.15, 0.2) is 5.82 Å². The standard InChI is InChI=1S/C22H25N5O2.C2H4O2/c1-2-13-5-3-4-6-18(13)27-22(16-11-17(23)19(28)12-16)25-21(26-27)15-9-7-14(8-10-15)20(24)29;1-2(3)4/h3-10,16-17,19,28H,2,11-12,23H2,1H3,(H2,24,29);1H3,(H,3,4)/t16-,17-,19-;/m0./s1. The molecule has 1 amide bonds. The first-order valence-corrected chi connectivity index (χ1v) is 10.8. The quantitative estimate of drug-likeness (QED) is 0.463. The van der Waals surface area contributed by atoms with Gasteiger partial charge in [0.25, 0.3) is 5.97 Å². The van der Waals surface area contributed by atoms with E-state index in [9.17, 15) is 9.90 Å². The summed E-state index contributed by atoms with van der Waals surface area (Å²) in [7, 11) is 0. The van der Waals surface area contributed by atoms with Crippen LogP contribution in [0, 0.1) is 0 Å². The van der Waals surface area contributed by atoms with E-state index in [1.54, 1.807) is 24.3 Å². The first-order chi connectivity index (χ1) is 15.7. The highest BCUT2D eigenvalue weighted by molar-refractivity contribution is 5.93. The van der Waals surface area contributed by atoms with Crippen LogP contribution in [-0.4, -0.2) is 49.0 Å². The van der Waals surface area contributed by atoms with Crippen LogP contribution in [0.3, 0.4) is 0 Å². The Morgan fingerprint density at radius 1 is 1.12 bits per heavy atom. The average molecular weight is 452 g/mol. The molecule has 1 heterocycles. The van der Waals surface area contributed by atoms with Crippen LogP contribution in [0.2, 0.25) is 0 Å². The number of para-hydroxylation sites is 1. The summed E-state index contributed by atoms with van der Waals surface area (Å²) in [4.78, 5) is 25.2. The average Bonchev–Trinajstić information content (AvgIpc) is 3.37. The first-order valence-electron chi connectivity index (χ1n) is 10.8. The van der Waals surface area contributed by atoms with E-state index in [2.05, 4.69) is 13.0 Å². The lowest BCUT2D eigenvalue weighted by Crippen LogP contribution is -2.28. The number of carboxylic acid groups (broad SMARTS) is 1. The molecule has 0 spiro atoms. The zero-order valence-electron chi connectivity index (χ0n) is 18.7. The highest BCUT2D eigenvalue weighted by atomic mass is 16.4. The molecule has 0 saturated heterocycles. The second-order valence-electron chi connectivity index (χ2n) is 8.05. The van der Waals surface area contributed by atoms with Crippen molar-refractivity contribution in [3.05, 3.63) is 65.5 Å². The Balaban J connectivity index is 0.000000709. The van der Waals surface area contributed by atoms with Crippen molar-refractivity contribution in [1.29, 1.82) is 0 Å². The van der Waals surface area contributed by atoms with Crippen LogP contribution in [0.25, 0.3) is 17.1 Å². The van der Waals surface area contributed by atoms with E-state index < -0.39 is 18.0 Å². The summed E-state index contributed by atoms with van der Waals surface area (Å²) in [6.07, 6.45) is 1.55. The summed E-state index contributed by atoms with van der Waals surface area (Å²) < 4.78 is 1.88. The molecule has 3 aromatic rings. The molecule has 1 aliphatic rings. The number of aliphatic hydroxyl groups excluding tert-OH is 1. The van der Waals surface area contributed by atoms with E-state index in [-0.39, 0.29) is 12.0 Å². The number of carboxylic acids is 1. The zero-order chi connectivity index (χ0) is 24.1. The first kappa shape index (κ1) is 24.1. The van der Waals surface area contributed by atoms with Gasteiger partial charge in [0.1, 0.15) is 5.82 Å². The molecule has 1 fully saturated rings. The lowest BCUT2D eigenvalue weighted by Gasteiger charge is -2.13. The fourth-order valence-electron chi connectivity index (χ4n) is 3.95. The monoisotopic (exact) mass is 451 g/mol. The molecule has 3 atom stereocenters. The number of aliphatic hydroxyl groups is 1. The van der Waals surface area contributed by atoms with Gasteiger partial charge >= 0.3 is 0 Å². The smallest absolute Gasteiger partial charge is 0.300 e. The topological polar surface area (TPSA) is 157 Å². The Labute approximate surface area is 192 Å². The van der Waals surface area contributed by atoms with Crippen LogP contribution in [0.4, 0.5) is 0 Å². The molecule has 1 aliphatic carbocycles. The van der Waals surface area contributed by atoms with E-state index in [4.69, 9.17) is 31.5 Å². The van der Waals surface area contributed by atoms with Crippen LogP contribution >= 0.6 is 0 Å². The minimum Gasteiger partial charge on any atom is -0.481 e. The Bertz CT molecular complexity index is 1110. The summed E-state index contributed by atoms with van der Waals surface area (Å²) in [5.74, 6) is 0.0846. The number of rotatable bonds is 5. The summed E-state index contributed by atoms with van der Waals surface area (Å²) >= 11 is 0. The molecular weight excluding hydrogens is 422 g/mol. The van der Waals surface area contributed by atoms with E-state index in [1.165, 1.54) is 0 Å². The molecule has 1 aromatic heterocycles. The number of carbonyl (C=O) groups excluding carboxylic acids is 1. The molecule has 6 N–H and O–H groups in total. The molecule has 0 unspecified atom stereocenters. The summed E-state index contributed by atoms with van der Waals surface area (Å²) in [5.41, 5.74) is 14.8. The highest BCUT2D eigenvalue weighted by Crippen LogP contribution is 2.35. The van der Waals surface area contributed by atoms with Gasteiger partial charge in [-0.3, -0.25) is 9.59 Å². The Kier molecular flexibility index (Phi) is 7.57. The summed E-state index contributed by atoms with van der Waals surface area (Å²) in [6.45, 7) is 3.19. The van der Waals surface area contributed by atoms with Crippen LogP contribution in [0.1, 0.15) is 54.4 Å². The molecular formula is C24H29N5O4. The molecule has 0 radical (unpaired) electrons. The third-order valence-corrected chi connectivity index (χ3v) is 5.60. The number of aliphatic carboxylic acids is 1. The van der Waals surface area contributed by atoms with Gasteiger partial charge in [-0.05, 0) is 43.0 Å². The third kappa shape index (κ3) is 5.63. The predicted molar refractivity (Wildman–Crippen MR) is 124 cm³/mol. The van der Waals surface area contributed by atoms with Gasteiger partial charge in [-0.15, -0.1) is 5.10 Å². The molecule has 9 nitrogen and oxygen atoms in total. The summed E-state index contributed by atoms with van der Waals surface area (Å²) in [6, 6.07) is 14.8. The van der Waals surface area contributed by atoms with Gasteiger partial charge in [0.2, 0.25) is 5.91 Å². The Hall–Kier alpha value is -3.56.